The van der Waals surface area contributed by atoms with E-state index in [0.29, 0.717) is 16.1 Å². The third kappa shape index (κ3) is 2.61. The molecule has 0 amide bonds. The zero-order chi connectivity index (χ0) is 10.7. The van der Waals surface area contributed by atoms with Gasteiger partial charge in [0.25, 0.3) is 5.19 Å². The lowest BCUT2D eigenvalue weighted by molar-refractivity contribution is 0.409. The number of benzene rings is 1. The van der Waals surface area contributed by atoms with Crippen LogP contribution in [0.5, 0.6) is 16.7 Å². The van der Waals surface area contributed by atoms with Gasteiger partial charge < -0.3 is 9.47 Å². The van der Waals surface area contributed by atoms with E-state index < -0.39 is 0 Å². The fourth-order valence-corrected chi connectivity index (χ4v) is 1.86. The summed E-state index contributed by atoms with van der Waals surface area (Å²) in [5, 5.41) is 2.68. The minimum atomic E-state index is 0.442. The van der Waals surface area contributed by atoms with Crippen molar-refractivity contribution in [2.75, 3.05) is 7.11 Å². The van der Waals surface area contributed by atoms with Crippen LogP contribution in [0.4, 0.5) is 0 Å². The minimum absolute atomic E-state index is 0.442. The lowest BCUT2D eigenvalue weighted by Gasteiger charge is -2.03. The van der Waals surface area contributed by atoms with E-state index in [4.69, 9.17) is 21.1 Å². The van der Waals surface area contributed by atoms with Crippen LogP contribution < -0.4 is 9.47 Å². The number of hydrogen-bond acceptors (Lipinski definition) is 4. The molecule has 1 aromatic carbocycles. The number of nitrogens with zero attached hydrogens (tertiary/aromatic N) is 1. The summed E-state index contributed by atoms with van der Waals surface area (Å²) in [5.41, 5.74) is 0. The number of hydrogen-bond donors (Lipinski definition) is 0. The van der Waals surface area contributed by atoms with Crippen LogP contribution in [-0.4, -0.2) is 12.1 Å². The van der Waals surface area contributed by atoms with Crippen LogP contribution in [0.2, 0.25) is 5.15 Å². The first-order valence-corrected chi connectivity index (χ1v) is 5.46. The molecule has 2 aromatic rings. The van der Waals surface area contributed by atoms with Crippen LogP contribution in [0.15, 0.2) is 29.6 Å². The number of ether oxygens (including phenoxy) is 2. The first-order valence-electron chi connectivity index (χ1n) is 4.21. The van der Waals surface area contributed by atoms with Crippen LogP contribution in [0.25, 0.3) is 0 Å². The predicted octanol–water partition coefficient (Wildman–Crippen LogP) is 3.60. The van der Waals surface area contributed by atoms with Crippen LogP contribution in [0, 0.1) is 0 Å². The molecule has 0 saturated carbocycles. The highest BCUT2D eigenvalue weighted by Gasteiger charge is 2.03. The zero-order valence-corrected chi connectivity index (χ0v) is 9.51. The topological polar surface area (TPSA) is 31.4 Å². The summed E-state index contributed by atoms with van der Waals surface area (Å²) in [6.45, 7) is 0. The Bertz CT molecular complexity index is 458. The molecule has 1 aromatic heterocycles. The molecule has 0 spiro atoms. The number of rotatable bonds is 3. The van der Waals surface area contributed by atoms with Gasteiger partial charge in [-0.25, -0.2) is 0 Å². The first-order chi connectivity index (χ1) is 7.28. The molecule has 2 rings (SSSR count). The molecule has 0 aliphatic rings. The van der Waals surface area contributed by atoms with Crippen molar-refractivity contribution in [3.05, 3.63) is 34.8 Å². The maximum atomic E-state index is 5.68. The molecule has 5 heteroatoms. The summed E-state index contributed by atoms with van der Waals surface area (Å²) >= 11 is 7.03. The second kappa shape index (κ2) is 4.51. The van der Waals surface area contributed by atoms with E-state index in [0.717, 1.165) is 5.75 Å². The average molecular weight is 242 g/mol. The average Bonchev–Trinajstić information content (AvgIpc) is 2.64. The Labute approximate surface area is 96.2 Å². The summed E-state index contributed by atoms with van der Waals surface area (Å²) in [5.74, 6) is 1.43. The summed E-state index contributed by atoms with van der Waals surface area (Å²) < 4.78 is 10.6. The maximum absolute atomic E-state index is 5.68. The van der Waals surface area contributed by atoms with Gasteiger partial charge in [0.05, 0.1) is 7.11 Å². The van der Waals surface area contributed by atoms with Gasteiger partial charge in [0.1, 0.15) is 16.7 Å². The normalized spacial score (nSPS) is 10.0. The van der Waals surface area contributed by atoms with Crippen molar-refractivity contribution < 1.29 is 9.47 Å². The molecular formula is C10H8ClNO2S. The summed E-state index contributed by atoms with van der Waals surface area (Å²) in [6, 6.07) is 7.32. The lowest BCUT2D eigenvalue weighted by atomic mass is 10.3. The molecule has 0 atom stereocenters. The van der Waals surface area contributed by atoms with E-state index in [1.165, 1.54) is 11.3 Å². The molecule has 0 bridgehead atoms. The van der Waals surface area contributed by atoms with E-state index in [-0.39, 0.29) is 0 Å². The Morgan fingerprint density at radius 3 is 2.80 bits per heavy atom. The van der Waals surface area contributed by atoms with Crippen molar-refractivity contribution in [3.63, 3.8) is 0 Å². The molecule has 0 aliphatic carbocycles. The summed E-state index contributed by atoms with van der Waals surface area (Å²) in [6.07, 6.45) is 0. The molecule has 0 radical (unpaired) electrons. The smallest absolute Gasteiger partial charge is 0.280 e. The molecule has 0 aliphatic heterocycles. The van der Waals surface area contributed by atoms with E-state index >= 15 is 0 Å². The van der Waals surface area contributed by atoms with Gasteiger partial charge in [-0.3, -0.25) is 0 Å². The molecule has 15 heavy (non-hydrogen) atoms. The van der Waals surface area contributed by atoms with Gasteiger partial charge in [0, 0.05) is 11.4 Å². The van der Waals surface area contributed by atoms with Crippen molar-refractivity contribution >= 4 is 22.9 Å². The van der Waals surface area contributed by atoms with E-state index in [1.807, 2.05) is 18.2 Å². The lowest BCUT2D eigenvalue weighted by Crippen LogP contribution is -1.85. The summed E-state index contributed by atoms with van der Waals surface area (Å²) in [7, 11) is 1.61. The highest BCUT2D eigenvalue weighted by molar-refractivity contribution is 7.11. The molecule has 78 valence electrons. The van der Waals surface area contributed by atoms with E-state index in [2.05, 4.69) is 4.98 Å². The van der Waals surface area contributed by atoms with Gasteiger partial charge in [-0.1, -0.05) is 29.0 Å². The van der Waals surface area contributed by atoms with E-state index in [1.54, 1.807) is 18.6 Å². The van der Waals surface area contributed by atoms with Gasteiger partial charge in [-0.15, -0.1) is 0 Å². The molecule has 0 unspecified atom stereocenters. The van der Waals surface area contributed by atoms with Gasteiger partial charge in [0.15, 0.2) is 0 Å². The maximum Gasteiger partial charge on any atom is 0.280 e. The molecule has 0 N–H and O–H groups in total. The SMILES string of the molecule is COc1cccc(Oc2nc(Cl)cs2)c1. The second-order valence-electron chi connectivity index (χ2n) is 2.72. The number of thiazole rings is 1. The molecule has 0 fully saturated rings. The fraction of sp³-hybridized carbons (Fsp3) is 0.100. The van der Waals surface area contributed by atoms with Gasteiger partial charge in [-0.05, 0) is 12.1 Å². The quantitative estimate of drug-likeness (QED) is 0.823. The van der Waals surface area contributed by atoms with Gasteiger partial charge >= 0.3 is 0 Å². The van der Waals surface area contributed by atoms with E-state index in [9.17, 15) is 0 Å². The Kier molecular flexibility index (Phi) is 3.08. The highest BCUT2D eigenvalue weighted by Crippen LogP contribution is 2.28. The Morgan fingerprint density at radius 1 is 1.33 bits per heavy atom. The van der Waals surface area contributed by atoms with Crippen LogP contribution in [0.3, 0.4) is 0 Å². The zero-order valence-electron chi connectivity index (χ0n) is 7.94. The molecule has 3 nitrogen and oxygen atoms in total. The second-order valence-corrected chi connectivity index (χ2v) is 3.93. The summed E-state index contributed by atoms with van der Waals surface area (Å²) in [4.78, 5) is 3.98. The number of aromatic nitrogens is 1. The first kappa shape index (κ1) is 10.3. The number of methoxy groups -OCH3 is 1. The highest BCUT2D eigenvalue weighted by atomic mass is 35.5. The van der Waals surface area contributed by atoms with Crippen LogP contribution in [0.1, 0.15) is 0 Å². The van der Waals surface area contributed by atoms with Crippen LogP contribution >= 0.6 is 22.9 Å². The minimum Gasteiger partial charge on any atom is -0.497 e. The predicted molar refractivity (Wildman–Crippen MR) is 60.2 cm³/mol. The van der Waals surface area contributed by atoms with Gasteiger partial charge in [0.2, 0.25) is 0 Å². The van der Waals surface area contributed by atoms with Crippen molar-refractivity contribution in [2.45, 2.75) is 0 Å². The van der Waals surface area contributed by atoms with Crippen molar-refractivity contribution in [1.82, 2.24) is 4.98 Å². The standard InChI is InChI=1S/C10H8ClNO2S/c1-13-7-3-2-4-8(5-7)14-10-12-9(11)6-15-10/h2-6H,1H3. The largest absolute Gasteiger partial charge is 0.497 e. The molecule has 0 saturated heterocycles. The third-order valence-corrected chi connectivity index (χ3v) is 2.74. The molecular weight excluding hydrogens is 234 g/mol. The fourth-order valence-electron chi connectivity index (χ4n) is 1.05. The monoisotopic (exact) mass is 241 g/mol. The third-order valence-electron chi connectivity index (χ3n) is 1.70. The van der Waals surface area contributed by atoms with Crippen molar-refractivity contribution in [3.8, 4) is 16.7 Å². The van der Waals surface area contributed by atoms with Crippen molar-refractivity contribution in [1.29, 1.82) is 0 Å². The number of halogens is 1. The Morgan fingerprint density at radius 2 is 2.13 bits per heavy atom. The molecule has 1 heterocycles. The Balaban J connectivity index is 2.16. The van der Waals surface area contributed by atoms with Crippen molar-refractivity contribution in [2.24, 2.45) is 0 Å². The van der Waals surface area contributed by atoms with Crippen LogP contribution in [-0.2, 0) is 0 Å². The van der Waals surface area contributed by atoms with Gasteiger partial charge in [-0.2, -0.15) is 4.98 Å². The Hall–Kier alpha value is -1.26.